The van der Waals surface area contributed by atoms with Crippen molar-refractivity contribution < 1.29 is 8.83 Å². The molecule has 0 bridgehead atoms. The molecule has 8 heteroatoms. The molecule has 0 N–H and O–H groups in total. The summed E-state index contributed by atoms with van der Waals surface area (Å²) in [6.07, 6.45) is 0. The molecule has 63 heavy (non-hydrogen) atoms. The van der Waals surface area contributed by atoms with Gasteiger partial charge >= 0.3 is 0 Å². The highest BCUT2D eigenvalue weighted by atomic mass is 32.1. The Morgan fingerprint density at radius 2 is 0.968 bits per heavy atom. The number of furan rings is 2. The molecule has 0 fully saturated rings. The summed E-state index contributed by atoms with van der Waals surface area (Å²) in [7, 11) is 0. The second-order valence-electron chi connectivity index (χ2n) is 15.6. The largest absolute Gasteiger partial charge is 0.456 e. The fourth-order valence-corrected chi connectivity index (χ4v) is 10.0. The molecule has 0 saturated heterocycles. The lowest BCUT2D eigenvalue weighted by atomic mass is 10.0. The maximum absolute atomic E-state index is 6.67. The molecule has 0 aliphatic carbocycles. The molecule has 5 heterocycles. The van der Waals surface area contributed by atoms with Crippen LogP contribution in [0.1, 0.15) is 0 Å². The van der Waals surface area contributed by atoms with Crippen LogP contribution >= 0.6 is 11.3 Å². The van der Waals surface area contributed by atoms with E-state index in [-0.39, 0.29) is 0 Å². The highest BCUT2D eigenvalue weighted by Crippen LogP contribution is 2.43. The van der Waals surface area contributed by atoms with Crippen LogP contribution < -0.4 is 0 Å². The van der Waals surface area contributed by atoms with Gasteiger partial charge in [0.25, 0.3) is 0 Å². The van der Waals surface area contributed by atoms with Crippen molar-refractivity contribution in [3.63, 3.8) is 0 Å². The lowest BCUT2D eigenvalue weighted by molar-refractivity contribution is 0.666. The molecule has 0 unspecified atom stereocenters. The number of benzene rings is 8. The molecule has 0 saturated carbocycles. The van der Waals surface area contributed by atoms with Crippen LogP contribution in [0.2, 0.25) is 0 Å². The number of fused-ring (bicyclic) bond motifs is 9. The second-order valence-corrected chi connectivity index (χ2v) is 16.6. The van der Waals surface area contributed by atoms with E-state index in [0.717, 1.165) is 66.2 Å². The average molecular weight is 826 g/mol. The number of nitrogens with zero attached hydrogens (tertiary/aromatic N) is 5. The molecule has 0 radical (unpaired) electrons. The predicted octanol–water partition coefficient (Wildman–Crippen LogP) is 14.8. The Balaban J connectivity index is 0.969. The first-order chi connectivity index (χ1) is 31.2. The summed E-state index contributed by atoms with van der Waals surface area (Å²) in [4.78, 5) is 25.6. The third kappa shape index (κ3) is 5.84. The summed E-state index contributed by atoms with van der Waals surface area (Å²) in [5, 5.41) is 5.33. The van der Waals surface area contributed by atoms with Gasteiger partial charge in [0.15, 0.2) is 28.9 Å². The number of para-hydroxylation sites is 1. The van der Waals surface area contributed by atoms with E-state index in [4.69, 9.17) is 33.8 Å². The summed E-state index contributed by atoms with van der Waals surface area (Å²) in [6.45, 7) is 0. The van der Waals surface area contributed by atoms with Crippen molar-refractivity contribution in [1.29, 1.82) is 0 Å². The third-order valence-corrected chi connectivity index (χ3v) is 13.0. The fraction of sp³-hybridized carbons (Fsp3) is 0. The third-order valence-electron chi connectivity index (χ3n) is 11.8. The number of hydrogen-bond acceptors (Lipinski definition) is 8. The first kappa shape index (κ1) is 35.4. The number of rotatable bonds is 6. The van der Waals surface area contributed by atoms with Gasteiger partial charge in [-0.1, -0.05) is 146 Å². The van der Waals surface area contributed by atoms with E-state index >= 15 is 0 Å². The Morgan fingerprint density at radius 1 is 0.349 bits per heavy atom. The molecular weight excluding hydrogens is 795 g/mol. The SMILES string of the molecule is c1ccc(-c2nc(-c3cccc(-c4cccc5c4sc4ccccc45)c3)nc(-c3cccc4oc5cc(-c6nc(-c7ccccc7)nc7c6oc6ccccc67)ccc5c34)n2)cc1. The lowest BCUT2D eigenvalue weighted by Crippen LogP contribution is -2.00. The van der Waals surface area contributed by atoms with E-state index in [1.807, 2.05) is 114 Å². The quantitative estimate of drug-likeness (QED) is 0.165. The van der Waals surface area contributed by atoms with Crippen molar-refractivity contribution in [2.45, 2.75) is 0 Å². The van der Waals surface area contributed by atoms with E-state index in [1.165, 1.54) is 25.7 Å². The van der Waals surface area contributed by atoms with Gasteiger partial charge in [0, 0.05) is 64.1 Å². The van der Waals surface area contributed by atoms with E-state index < -0.39 is 0 Å². The molecule has 8 aromatic carbocycles. The Morgan fingerprint density at radius 3 is 1.81 bits per heavy atom. The summed E-state index contributed by atoms with van der Waals surface area (Å²) in [5.41, 5.74) is 11.0. The van der Waals surface area contributed by atoms with Crippen LogP contribution in [-0.2, 0) is 0 Å². The van der Waals surface area contributed by atoms with Gasteiger partial charge in [-0.25, -0.2) is 24.9 Å². The first-order valence-corrected chi connectivity index (χ1v) is 21.6. The van der Waals surface area contributed by atoms with Crippen LogP contribution in [0, 0.1) is 0 Å². The molecule has 0 amide bonds. The van der Waals surface area contributed by atoms with Gasteiger partial charge < -0.3 is 8.83 Å². The fourth-order valence-electron chi connectivity index (χ4n) is 8.80. The van der Waals surface area contributed by atoms with Crippen molar-refractivity contribution in [3.05, 3.63) is 188 Å². The van der Waals surface area contributed by atoms with Gasteiger partial charge in [-0.15, -0.1) is 11.3 Å². The van der Waals surface area contributed by atoms with Gasteiger partial charge in [0.1, 0.15) is 28.0 Å². The lowest BCUT2D eigenvalue weighted by Gasteiger charge is -2.11. The molecule has 13 rings (SSSR count). The Kier molecular flexibility index (Phi) is 7.94. The molecule has 13 aromatic rings. The van der Waals surface area contributed by atoms with Crippen molar-refractivity contribution in [2.75, 3.05) is 0 Å². The van der Waals surface area contributed by atoms with Crippen LogP contribution in [0.3, 0.4) is 0 Å². The molecule has 0 spiro atoms. The molecule has 294 valence electrons. The Hall–Kier alpha value is -8.33. The van der Waals surface area contributed by atoms with Crippen LogP contribution in [0.4, 0.5) is 0 Å². The minimum Gasteiger partial charge on any atom is -0.456 e. The maximum Gasteiger partial charge on any atom is 0.180 e. The van der Waals surface area contributed by atoms with Gasteiger partial charge in [0.05, 0.1) is 0 Å². The minimum absolute atomic E-state index is 0.556. The van der Waals surface area contributed by atoms with Crippen molar-refractivity contribution in [3.8, 4) is 67.9 Å². The zero-order valence-corrected chi connectivity index (χ0v) is 34.2. The Labute approximate surface area is 363 Å². The van der Waals surface area contributed by atoms with Gasteiger partial charge in [-0.3, -0.25) is 0 Å². The summed E-state index contributed by atoms with van der Waals surface area (Å²) in [5.74, 6) is 2.36. The van der Waals surface area contributed by atoms with E-state index in [2.05, 4.69) is 84.9 Å². The monoisotopic (exact) mass is 825 g/mol. The van der Waals surface area contributed by atoms with Gasteiger partial charge in [-0.2, -0.15) is 0 Å². The summed E-state index contributed by atoms with van der Waals surface area (Å²) >= 11 is 1.83. The molecule has 5 aromatic heterocycles. The molecule has 0 atom stereocenters. The topological polar surface area (TPSA) is 90.7 Å². The van der Waals surface area contributed by atoms with Crippen molar-refractivity contribution in [2.24, 2.45) is 0 Å². The van der Waals surface area contributed by atoms with E-state index in [1.54, 1.807) is 0 Å². The van der Waals surface area contributed by atoms with Crippen LogP contribution in [-0.4, -0.2) is 24.9 Å². The predicted molar refractivity (Wildman–Crippen MR) is 255 cm³/mol. The number of aromatic nitrogens is 5. The average Bonchev–Trinajstić information content (AvgIpc) is 4.05. The van der Waals surface area contributed by atoms with Gasteiger partial charge in [-0.05, 0) is 53.6 Å². The van der Waals surface area contributed by atoms with Gasteiger partial charge in [0.2, 0.25) is 0 Å². The zero-order valence-electron chi connectivity index (χ0n) is 33.4. The maximum atomic E-state index is 6.67. The highest BCUT2D eigenvalue weighted by Gasteiger charge is 2.22. The smallest absolute Gasteiger partial charge is 0.180 e. The van der Waals surface area contributed by atoms with Crippen molar-refractivity contribution >= 4 is 75.5 Å². The molecule has 0 aliphatic heterocycles. The normalized spacial score (nSPS) is 11.8. The van der Waals surface area contributed by atoms with Crippen molar-refractivity contribution in [1.82, 2.24) is 24.9 Å². The Bertz CT molecular complexity index is 3930. The first-order valence-electron chi connectivity index (χ1n) is 20.7. The number of thiophene rings is 1. The van der Waals surface area contributed by atoms with Crippen LogP contribution in [0.5, 0.6) is 0 Å². The summed E-state index contributed by atoms with van der Waals surface area (Å²) < 4.78 is 15.7. The minimum atomic E-state index is 0.556. The second kappa shape index (κ2) is 14.1. The number of hydrogen-bond donors (Lipinski definition) is 0. The molecule has 7 nitrogen and oxygen atoms in total. The van der Waals surface area contributed by atoms with Crippen LogP contribution in [0.15, 0.2) is 197 Å². The molecular formula is C55H31N5O2S. The highest BCUT2D eigenvalue weighted by molar-refractivity contribution is 7.26. The van der Waals surface area contributed by atoms with E-state index in [9.17, 15) is 0 Å². The molecule has 0 aliphatic rings. The summed E-state index contributed by atoms with van der Waals surface area (Å²) in [6, 6.07) is 64.0. The van der Waals surface area contributed by atoms with E-state index in [0.29, 0.717) is 40.2 Å². The van der Waals surface area contributed by atoms with Crippen LogP contribution in [0.25, 0.3) is 132 Å². The zero-order chi connectivity index (χ0) is 41.4. The standard InChI is InChI=1S/C55H31N5O2S/c1-3-14-32(15-4-1)52-56-48(50-49(57-52)41-21-7-9-25-43(41)62-50)35-28-29-40-45(31-35)61-44-26-13-24-42(47(40)44)55-59-53(33-16-5-2-6-17-33)58-54(60-55)36-19-11-18-34(30-36)37-22-12-23-39-38-20-8-10-27-46(38)63-51(37)39/h1-31H.